The van der Waals surface area contributed by atoms with Crippen LogP contribution >= 0.6 is 11.6 Å². The van der Waals surface area contributed by atoms with E-state index in [-0.39, 0.29) is 0 Å². The lowest BCUT2D eigenvalue weighted by molar-refractivity contribution is 0.289. The molecular weight excluding hydrogens is 220 g/mol. The number of nitrogens with zero attached hydrogens (tertiary/aromatic N) is 1. The van der Waals surface area contributed by atoms with E-state index in [1.165, 1.54) is 5.56 Å². The fraction of sp³-hybridized carbons (Fsp3) is 0.538. The van der Waals surface area contributed by atoms with Crippen LogP contribution in [0.15, 0.2) is 24.3 Å². The van der Waals surface area contributed by atoms with Crippen LogP contribution in [0.4, 0.5) is 0 Å². The van der Waals surface area contributed by atoms with Crippen LogP contribution in [0.3, 0.4) is 0 Å². The lowest BCUT2D eigenvalue weighted by atomic mass is 10.1. The molecule has 1 rings (SSSR count). The second-order valence-electron chi connectivity index (χ2n) is 4.24. The minimum atomic E-state index is 0.380. The molecule has 0 heterocycles. The van der Waals surface area contributed by atoms with Crippen molar-refractivity contribution in [1.29, 1.82) is 0 Å². The maximum absolute atomic E-state index is 6.02. The zero-order valence-corrected chi connectivity index (χ0v) is 11.1. The van der Waals surface area contributed by atoms with Gasteiger partial charge in [-0.05, 0) is 44.8 Å². The highest BCUT2D eigenvalue weighted by Gasteiger charge is 2.13. The van der Waals surface area contributed by atoms with E-state index in [9.17, 15) is 0 Å². The summed E-state index contributed by atoms with van der Waals surface area (Å²) >= 11 is 6.02. The maximum Gasteiger partial charge on any atom is 0.0467 e. The first-order valence-corrected chi connectivity index (χ1v) is 6.15. The molecule has 0 bridgehead atoms. The molecule has 0 radical (unpaired) electrons. The van der Waals surface area contributed by atoms with Crippen LogP contribution in [0, 0.1) is 0 Å². The summed E-state index contributed by atoms with van der Waals surface area (Å²) in [5.41, 5.74) is 1.26. The molecule has 1 atom stereocenters. The summed E-state index contributed by atoms with van der Waals surface area (Å²) in [4.78, 5) is 2.22. The molecule has 0 fully saturated rings. The topological polar surface area (TPSA) is 15.3 Å². The summed E-state index contributed by atoms with van der Waals surface area (Å²) in [5, 5.41) is 4.26. The summed E-state index contributed by atoms with van der Waals surface area (Å²) in [6, 6.07) is 8.47. The fourth-order valence-electron chi connectivity index (χ4n) is 1.73. The highest BCUT2D eigenvalue weighted by Crippen LogP contribution is 2.20. The third kappa shape index (κ3) is 4.12. The number of hydrogen-bond acceptors (Lipinski definition) is 2. The number of halogens is 1. The minimum Gasteiger partial charge on any atom is -0.315 e. The summed E-state index contributed by atoms with van der Waals surface area (Å²) in [7, 11) is 4.19. The average molecular weight is 241 g/mol. The normalized spacial score (nSPS) is 13.1. The Labute approximate surface area is 104 Å². The number of hydrogen-bond donors (Lipinski definition) is 1. The van der Waals surface area contributed by atoms with Gasteiger partial charge in [0.1, 0.15) is 0 Å². The summed E-state index contributed by atoms with van der Waals surface area (Å²) in [6.45, 7) is 4.20. The summed E-state index contributed by atoms with van der Waals surface area (Å²) in [5.74, 6) is 0. The van der Waals surface area contributed by atoms with Crippen molar-refractivity contribution in [3.63, 3.8) is 0 Å². The predicted octanol–water partition coefficient (Wildman–Crippen LogP) is 2.94. The highest BCUT2D eigenvalue weighted by molar-refractivity contribution is 6.30. The zero-order chi connectivity index (χ0) is 12.0. The molecular formula is C13H21ClN2. The number of benzene rings is 1. The van der Waals surface area contributed by atoms with Crippen molar-refractivity contribution < 1.29 is 0 Å². The Balaban J connectivity index is 2.69. The molecule has 0 saturated heterocycles. The molecule has 3 heteroatoms. The van der Waals surface area contributed by atoms with Gasteiger partial charge in [0.25, 0.3) is 0 Å². The molecule has 1 unspecified atom stereocenters. The van der Waals surface area contributed by atoms with Crippen molar-refractivity contribution in [1.82, 2.24) is 10.2 Å². The van der Waals surface area contributed by atoms with Gasteiger partial charge in [-0.3, -0.25) is 0 Å². The second kappa shape index (κ2) is 6.89. The van der Waals surface area contributed by atoms with Crippen molar-refractivity contribution in [3.05, 3.63) is 34.9 Å². The van der Waals surface area contributed by atoms with Gasteiger partial charge in [0.15, 0.2) is 0 Å². The Kier molecular flexibility index (Phi) is 5.81. The predicted molar refractivity (Wildman–Crippen MR) is 71.0 cm³/mol. The van der Waals surface area contributed by atoms with Crippen LogP contribution in [0.5, 0.6) is 0 Å². The van der Waals surface area contributed by atoms with Crippen molar-refractivity contribution in [2.24, 2.45) is 0 Å². The first-order chi connectivity index (χ1) is 7.65. The molecule has 2 nitrogen and oxygen atoms in total. The molecule has 1 N–H and O–H groups in total. The molecule has 0 aliphatic carbocycles. The van der Waals surface area contributed by atoms with E-state index < -0.39 is 0 Å². The fourth-order valence-corrected chi connectivity index (χ4v) is 1.93. The van der Waals surface area contributed by atoms with Crippen LogP contribution in [-0.2, 0) is 0 Å². The van der Waals surface area contributed by atoms with Gasteiger partial charge in [0.05, 0.1) is 0 Å². The van der Waals surface area contributed by atoms with Gasteiger partial charge in [-0.2, -0.15) is 0 Å². The molecule has 0 spiro atoms. The molecule has 16 heavy (non-hydrogen) atoms. The standard InChI is InChI=1S/C13H21ClN2/c1-4-8-15-10-13(16(2)3)11-6-5-7-12(14)9-11/h5-7,9,13,15H,4,8,10H2,1-3H3. The van der Waals surface area contributed by atoms with Crippen LogP contribution < -0.4 is 5.32 Å². The van der Waals surface area contributed by atoms with Gasteiger partial charge < -0.3 is 10.2 Å². The van der Waals surface area contributed by atoms with Gasteiger partial charge >= 0.3 is 0 Å². The van der Waals surface area contributed by atoms with Gasteiger partial charge in [-0.1, -0.05) is 30.7 Å². The monoisotopic (exact) mass is 240 g/mol. The van der Waals surface area contributed by atoms with Crippen molar-refractivity contribution in [2.45, 2.75) is 19.4 Å². The van der Waals surface area contributed by atoms with Crippen molar-refractivity contribution >= 4 is 11.6 Å². The van der Waals surface area contributed by atoms with E-state index in [1.54, 1.807) is 0 Å². The molecule has 90 valence electrons. The highest BCUT2D eigenvalue weighted by atomic mass is 35.5. The first-order valence-electron chi connectivity index (χ1n) is 5.77. The summed E-state index contributed by atoms with van der Waals surface area (Å²) < 4.78 is 0. The number of nitrogens with one attached hydrogen (secondary N) is 1. The van der Waals surface area contributed by atoms with E-state index in [1.807, 2.05) is 18.2 Å². The Morgan fingerprint density at radius 2 is 2.12 bits per heavy atom. The van der Waals surface area contributed by atoms with Gasteiger partial charge in [-0.15, -0.1) is 0 Å². The van der Waals surface area contributed by atoms with Gasteiger partial charge in [0.2, 0.25) is 0 Å². The zero-order valence-electron chi connectivity index (χ0n) is 10.3. The van der Waals surface area contributed by atoms with E-state index in [0.29, 0.717) is 6.04 Å². The first kappa shape index (κ1) is 13.5. The summed E-state index contributed by atoms with van der Waals surface area (Å²) in [6.07, 6.45) is 1.16. The SMILES string of the molecule is CCCNCC(c1cccc(Cl)c1)N(C)C. The lowest BCUT2D eigenvalue weighted by Gasteiger charge is -2.25. The van der Waals surface area contributed by atoms with Crippen molar-refractivity contribution in [2.75, 3.05) is 27.2 Å². The Morgan fingerprint density at radius 1 is 1.38 bits per heavy atom. The second-order valence-corrected chi connectivity index (χ2v) is 4.67. The molecule has 0 saturated carbocycles. The third-order valence-electron chi connectivity index (χ3n) is 2.62. The molecule has 0 aliphatic heterocycles. The molecule has 1 aromatic rings. The van der Waals surface area contributed by atoms with Crippen LogP contribution in [-0.4, -0.2) is 32.1 Å². The van der Waals surface area contributed by atoms with E-state index in [4.69, 9.17) is 11.6 Å². The number of rotatable bonds is 6. The Bertz CT molecular complexity index is 313. The van der Waals surface area contributed by atoms with Crippen LogP contribution in [0.2, 0.25) is 5.02 Å². The van der Waals surface area contributed by atoms with Crippen molar-refractivity contribution in [3.8, 4) is 0 Å². The van der Waals surface area contributed by atoms with E-state index in [0.717, 1.165) is 24.5 Å². The Hall–Kier alpha value is -0.570. The van der Waals surface area contributed by atoms with Gasteiger partial charge in [0, 0.05) is 17.6 Å². The third-order valence-corrected chi connectivity index (χ3v) is 2.86. The molecule has 0 aromatic heterocycles. The smallest absolute Gasteiger partial charge is 0.0467 e. The maximum atomic E-state index is 6.02. The van der Waals surface area contributed by atoms with Crippen LogP contribution in [0.25, 0.3) is 0 Å². The largest absolute Gasteiger partial charge is 0.315 e. The number of likely N-dealkylation sites (N-methyl/N-ethyl adjacent to an activating group) is 1. The molecule has 0 aliphatic rings. The lowest BCUT2D eigenvalue weighted by Crippen LogP contribution is -2.31. The minimum absolute atomic E-state index is 0.380. The van der Waals surface area contributed by atoms with Gasteiger partial charge in [-0.25, -0.2) is 0 Å². The van der Waals surface area contributed by atoms with Crippen LogP contribution in [0.1, 0.15) is 24.9 Å². The van der Waals surface area contributed by atoms with E-state index in [2.05, 4.69) is 37.3 Å². The molecule has 1 aromatic carbocycles. The Morgan fingerprint density at radius 3 is 2.69 bits per heavy atom. The van der Waals surface area contributed by atoms with E-state index >= 15 is 0 Å². The molecule has 0 amide bonds. The quantitative estimate of drug-likeness (QED) is 0.770. The average Bonchev–Trinajstić information content (AvgIpc) is 2.24.